The first-order chi connectivity index (χ1) is 17.6. The summed E-state index contributed by atoms with van der Waals surface area (Å²) in [5.41, 5.74) is 3.98. The maximum Gasteiger partial charge on any atom is 0.340 e. The zero-order valence-electron chi connectivity index (χ0n) is 19.7. The van der Waals surface area contributed by atoms with Crippen molar-refractivity contribution in [3.8, 4) is 0 Å². The lowest BCUT2D eigenvalue weighted by atomic mass is 10.1. The number of carbonyl (C=O) groups excluding carboxylic acids is 1. The molecule has 3 aromatic carbocycles. The first kappa shape index (κ1) is 24.4. The van der Waals surface area contributed by atoms with Gasteiger partial charge in [-0.05, 0) is 60.7 Å². The van der Waals surface area contributed by atoms with E-state index in [1.54, 1.807) is 12.3 Å². The number of aromatic nitrogens is 1. The summed E-state index contributed by atoms with van der Waals surface area (Å²) < 4.78 is 5.66. The monoisotopic (exact) mass is 520 g/mol. The van der Waals surface area contributed by atoms with Crippen LogP contribution in [0.1, 0.15) is 10.4 Å². The number of para-hydroxylation sites is 1. The zero-order valence-corrected chi connectivity index (χ0v) is 21.2. The molecule has 8 heteroatoms. The molecule has 0 aliphatic carbocycles. The van der Waals surface area contributed by atoms with Gasteiger partial charge in [-0.25, -0.2) is 4.79 Å². The van der Waals surface area contributed by atoms with Crippen molar-refractivity contribution in [2.45, 2.75) is 0 Å². The molecule has 2 heterocycles. The first-order valence-corrected chi connectivity index (χ1v) is 12.6. The molecule has 0 spiro atoms. The van der Waals surface area contributed by atoms with E-state index in [9.17, 15) is 4.79 Å². The third kappa shape index (κ3) is 5.73. The molecule has 1 fully saturated rings. The van der Waals surface area contributed by atoms with Crippen LogP contribution in [-0.4, -0.2) is 55.2 Å². The maximum absolute atomic E-state index is 12.9. The molecule has 0 unspecified atom stereocenters. The number of halogens is 2. The second-order valence-electron chi connectivity index (χ2n) is 8.63. The van der Waals surface area contributed by atoms with E-state index in [4.69, 9.17) is 27.9 Å². The third-order valence-corrected chi connectivity index (χ3v) is 6.81. The van der Waals surface area contributed by atoms with Crippen LogP contribution < -0.4 is 10.2 Å². The Balaban J connectivity index is 1.17. The number of benzene rings is 3. The van der Waals surface area contributed by atoms with Crippen molar-refractivity contribution in [2.75, 3.05) is 49.5 Å². The number of hydrogen-bond acceptors (Lipinski definition) is 6. The van der Waals surface area contributed by atoms with E-state index in [0.29, 0.717) is 29.4 Å². The third-order valence-electron chi connectivity index (χ3n) is 6.33. The van der Waals surface area contributed by atoms with E-state index in [0.717, 1.165) is 47.8 Å². The Morgan fingerprint density at radius 1 is 0.889 bits per heavy atom. The average molecular weight is 521 g/mol. The number of anilines is 3. The van der Waals surface area contributed by atoms with E-state index >= 15 is 0 Å². The molecule has 6 nitrogen and oxygen atoms in total. The molecule has 0 amide bonds. The summed E-state index contributed by atoms with van der Waals surface area (Å²) in [6.07, 6.45) is 1.72. The molecule has 0 bridgehead atoms. The maximum atomic E-state index is 12.9. The molecule has 1 N–H and O–H groups in total. The van der Waals surface area contributed by atoms with Gasteiger partial charge in [-0.3, -0.25) is 9.88 Å². The highest BCUT2D eigenvalue weighted by atomic mass is 35.5. The minimum atomic E-state index is -0.348. The van der Waals surface area contributed by atoms with Gasteiger partial charge < -0.3 is 15.0 Å². The Kier molecular flexibility index (Phi) is 7.56. The number of rotatable bonds is 7. The molecule has 0 saturated carbocycles. The highest BCUT2D eigenvalue weighted by Gasteiger charge is 2.18. The van der Waals surface area contributed by atoms with Crippen LogP contribution in [0.3, 0.4) is 0 Å². The number of hydrogen-bond donors (Lipinski definition) is 1. The predicted octanol–water partition coefficient (Wildman–Crippen LogP) is 6.26. The molecule has 5 rings (SSSR count). The fraction of sp³-hybridized carbons (Fsp3) is 0.214. The molecule has 0 atom stereocenters. The van der Waals surface area contributed by atoms with Crippen molar-refractivity contribution in [1.82, 2.24) is 9.88 Å². The van der Waals surface area contributed by atoms with E-state index in [1.165, 1.54) is 5.69 Å². The van der Waals surface area contributed by atoms with Gasteiger partial charge in [-0.15, -0.1) is 0 Å². The smallest absolute Gasteiger partial charge is 0.340 e. The van der Waals surface area contributed by atoms with E-state index < -0.39 is 0 Å². The van der Waals surface area contributed by atoms with Gasteiger partial charge in [0.2, 0.25) is 0 Å². The first-order valence-electron chi connectivity index (χ1n) is 11.9. The lowest BCUT2D eigenvalue weighted by Gasteiger charge is -2.36. The number of ether oxygens (including phenoxy) is 1. The van der Waals surface area contributed by atoms with Gasteiger partial charge in [0.25, 0.3) is 0 Å². The predicted molar refractivity (Wildman–Crippen MR) is 147 cm³/mol. The molecule has 4 aromatic rings. The number of pyridine rings is 1. The Hall–Kier alpha value is -3.32. The Morgan fingerprint density at radius 2 is 1.64 bits per heavy atom. The minimum Gasteiger partial charge on any atom is -0.461 e. The quantitative estimate of drug-likeness (QED) is 0.290. The summed E-state index contributed by atoms with van der Waals surface area (Å²) in [4.78, 5) is 22.0. The number of piperazine rings is 1. The number of esters is 1. The van der Waals surface area contributed by atoms with Gasteiger partial charge in [-0.2, -0.15) is 0 Å². The van der Waals surface area contributed by atoms with Crippen molar-refractivity contribution in [3.05, 3.63) is 94.6 Å². The highest BCUT2D eigenvalue weighted by Crippen LogP contribution is 2.29. The second kappa shape index (κ2) is 11.2. The normalized spacial score (nSPS) is 14.1. The van der Waals surface area contributed by atoms with Crippen molar-refractivity contribution in [3.63, 3.8) is 0 Å². The van der Waals surface area contributed by atoms with Crippen molar-refractivity contribution >= 4 is 57.1 Å². The molecule has 1 aliphatic rings. The van der Waals surface area contributed by atoms with E-state index in [2.05, 4.69) is 32.2 Å². The standard InChI is InChI=1S/C28H26Cl2N4O2/c29-20-5-8-22(9-6-20)34-15-13-33(14-16-34)17-18-36-28(35)24-3-1-2-4-25(24)32-26-11-12-31-27-19-21(30)7-10-23(26)27/h1-12,19H,13-18H2,(H,31,32). The molecular formula is C28H26Cl2N4O2. The fourth-order valence-electron chi connectivity index (χ4n) is 4.37. The van der Waals surface area contributed by atoms with Crippen LogP contribution in [0.2, 0.25) is 10.0 Å². The summed E-state index contributed by atoms with van der Waals surface area (Å²) in [6.45, 7) is 4.71. The molecule has 184 valence electrons. The van der Waals surface area contributed by atoms with Gasteiger partial charge in [0, 0.05) is 65.7 Å². The number of nitrogens with zero attached hydrogens (tertiary/aromatic N) is 3. The summed E-state index contributed by atoms with van der Waals surface area (Å²) in [7, 11) is 0. The summed E-state index contributed by atoms with van der Waals surface area (Å²) in [6, 6.07) is 22.7. The van der Waals surface area contributed by atoms with Crippen molar-refractivity contribution < 1.29 is 9.53 Å². The summed E-state index contributed by atoms with van der Waals surface area (Å²) in [5.74, 6) is -0.348. The van der Waals surface area contributed by atoms with Crippen LogP contribution >= 0.6 is 23.2 Å². The SMILES string of the molecule is O=C(OCCN1CCN(c2ccc(Cl)cc2)CC1)c1ccccc1Nc1ccnc2cc(Cl)ccc12. The molecular weight excluding hydrogens is 495 g/mol. The molecule has 36 heavy (non-hydrogen) atoms. The van der Waals surface area contributed by atoms with E-state index in [1.807, 2.05) is 54.6 Å². The minimum absolute atomic E-state index is 0.338. The van der Waals surface area contributed by atoms with Gasteiger partial charge in [-0.1, -0.05) is 35.3 Å². The van der Waals surface area contributed by atoms with Gasteiger partial charge >= 0.3 is 5.97 Å². The summed E-state index contributed by atoms with van der Waals surface area (Å²) >= 11 is 12.1. The summed E-state index contributed by atoms with van der Waals surface area (Å²) in [5, 5.41) is 5.66. The van der Waals surface area contributed by atoms with Crippen molar-refractivity contribution in [2.24, 2.45) is 0 Å². The number of nitrogens with one attached hydrogen (secondary N) is 1. The average Bonchev–Trinajstić information content (AvgIpc) is 2.90. The molecule has 0 radical (unpaired) electrons. The topological polar surface area (TPSA) is 57.7 Å². The lowest BCUT2D eigenvalue weighted by molar-refractivity contribution is 0.0460. The van der Waals surface area contributed by atoms with Crippen molar-refractivity contribution in [1.29, 1.82) is 0 Å². The number of carbonyl (C=O) groups is 1. The van der Waals surface area contributed by atoms with Crippen LogP contribution in [0.15, 0.2) is 79.0 Å². The largest absolute Gasteiger partial charge is 0.461 e. The number of fused-ring (bicyclic) bond motifs is 1. The van der Waals surface area contributed by atoms with Crippen LogP contribution in [0.4, 0.5) is 17.1 Å². The van der Waals surface area contributed by atoms with Crippen LogP contribution in [0.25, 0.3) is 10.9 Å². The van der Waals surface area contributed by atoms with Crippen LogP contribution in [-0.2, 0) is 4.74 Å². The molecule has 1 aromatic heterocycles. The lowest BCUT2D eigenvalue weighted by Crippen LogP contribution is -2.47. The fourth-order valence-corrected chi connectivity index (χ4v) is 4.66. The Labute approximate surface area is 220 Å². The zero-order chi connectivity index (χ0) is 24.9. The molecule has 1 aliphatic heterocycles. The van der Waals surface area contributed by atoms with Gasteiger partial charge in [0.1, 0.15) is 6.61 Å². The Bertz CT molecular complexity index is 1360. The highest BCUT2D eigenvalue weighted by molar-refractivity contribution is 6.31. The van der Waals surface area contributed by atoms with Crippen LogP contribution in [0, 0.1) is 0 Å². The second-order valence-corrected chi connectivity index (χ2v) is 9.50. The molecule has 1 saturated heterocycles. The van der Waals surface area contributed by atoms with Gasteiger partial charge in [0.05, 0.1) is 16.8 Å². The van der Waals surface area contributed by atoms with E-state index in [-0.39, 0.29) is 5.97 Å². The van der Waals surface area contributed by atoms with Crippen LogP contribution in [0.5, 0.6) is 0 Å². The Morgan fingerprint density at radius 3 is 2.44 bits per heavy atom. The van der Waals surface area contributed by atoms with Gasteiger partial charge in [0.15, 0.2) is 0 Å².